The summed E-state index contributed by atoms with van der Waals surface area (Å²) in [6.45, 7) is 4.73. The molecule has 0 aromatic carbocycles. The molecule has 2 aromatic rings. The van der Waals surface area contributed by atoms with E-state index in [9.17, 15) is 5.11 Å². The predicted molar refractivity (Wildman–Crippen MR) is 74.9 cm³/mol. The fourth-order valence-electron chi connectivity index (χ4n) is 2.49. The first-order chi connectivity index (χ1) is 9.22. The van der Waals surface area contributed by atoms with E-state index in [0.29, 0.717) is 11.8 Å². The Hall–Kier alpha value is -1.17. The average molecular weight is 278 g/mol. The van der Waals surface area contributed by atoms with Crippen molar-refractivity contribution in [2.24, 2.45) is 5.92 Å². The predicted octanol–water partition coefficient (Wildman–Crippen LogP) is 2.61. The molecule has 0 bridgehead atoms. The minimum atomic E-state index is -0.157. The number of aliphatic hydroxyl groups excluding tert-OH is 1. The van der Waals surface area contributed by atoms with Crippen molar-refractivity contribution in [2.45, 2.75) is 26.0 Å². The van der Waals surface area contributed by atoms with Gasteiger partial charge in [-0.1, -0.05) is 13.0 Å². The third kappa shape index (κ3) is 2.88. The zero-order chi connectivity index (χ0) is 13.2. The second-order valence-corrected chi connectivity index (χ2v) is 6.14. The Morgan fingerprint density at radius 3 is 3.21 bits per heavy atom. The summed E-state index contributed by atoms with van der Waals surface area (Å²) >= 11 is 1.63. The summed E-state index contributed by atoms with van der Waals surface area (Å²) in [4.78, 5) is 7.92. The van der Waals surface area contributed by atoms with E-state index in [1.165, 1.54) is 0 Å². The van der Waals surface area contributed by atoms with Crippen LogP contribution in [0, 0.1) is 5.92 Å². The normalized spacial score (nSPS) is 24.7. The van der Waals surface area contributed by atoms with Crippen molar-refractivity contribution in [2.75, 3.05) is 13.1 Å². The molecule has 1 aliphatic heterocycles. The summed E-state index contributed by atoms with van der Waals surface area (Å²) in [5.41, 5.74) is 0.965. The van der Waals surface area contributed by atoms with E-state index >= 15 is 0 Å². The van der Waals surface area contributed by atoms with Gasteiger partial charge < -0.3 is 9.52 Å². The number of hydrogen-bond donors (Lipinski definition) is 1. The van der Waals surface area contributed by atoms with Gasteiger partial charge in [0.05, 0.1) is 16.7 Å². The first kappa shape index (κ1) is 12.8. The molecule has 0 spiro atoms. The van der Waals surface area contributed by atoms with E-state index in [4.69, 9.17) is 4.42 Å². The van der Waals surface area contributed by atoms with Crippen LogP contribution in [0.15, 0.2) is 28.2 Å². The van der Waals surface area contributed by atoms with Crippen LogP contribution in [-0.2, 0) is 6.54 Å². The summed E-state index contributed by atoms with van der Waals surface area (Å²) < 4.78 is 5.52. The van der Waals surface area contributed by atoms with E-state index in [-0.39, 0.29) is 6.10 Å². The Balaban J connectivity index is 1.64. The van der Waals surface area contributed by atoms with E-state index in [1.807, 2.05) is 17.5 Å². The molecule has 1 aliphatic rings. The van der Waals surface area contributed by atoms with Crippen LogP contribution in [0.25, 0.3) is 10.8 Å². The van der Waals surface area contributed by atoms with Gasteiger partial charge in [0.2, 0.25) is 5.89 Å². The van der Waals surface area contributed by atoms with Crippen molar-refractivity contribution >= 4 is 11.3 Å². The third-order valence-electron chi connectivity index (χ3n) is 3.61. The Bertz CT molecular complexity index is 523. The van der Waals surface area contributed by atoms with E-state index in [1.54, 1.807) is 17.6 Å². The van der Waals surface area contributed by atoms with Gasteiger partial charge in [0.1, 0.15) is 6.26 Å². The number of thiophene rings is 1. The molecule has 1 saturated heterocycles. The quantitative estimate of drug-likeness (QED) is 0.937. The Kier molecular flexibility index (Phi) is 3.68. The highest BCUT2D eigenvalue weighted by Gasteiger charge is 2.24. The summed E-state index contributed by atoms with van der Waals surface area (Å²) in [5.74, 6) is 1.03. The van der Waals surface area contributed by atoms with Crippen LogP contribution < -0.4 is 0 Å². The molecule has 1 N–H and O–H groups in total. The van der Waals surface area contributed by atoms with Crippen molar-refractivity contribution in [3.05, 3.63) is 29.5 Å². The second-order valence-electron chi connectivity index (χ2n) is 5.19. The van der Waals surface area contributed by atoms with Crippen LogP contribution in [0.1, 0.15) is 19.0 Å². The smallest absolute Gasteiger partial charge is 0.236 e. The fourth-order valence-corrected chi connectivity index (χ4v) is 3.14. The van der Waals surface area contributed by atoms with Gasteiger partial charge in [0.15, 0.2) is 0 Å². The Morgan fingerprint density at radius 1 is 1.58 bits per heavy atom. The molecule has 102 valence electrons. The lowest BCUT2D eigenvalue weighted by Crippen LogP contribution is -2.41. The monoisotopic (exact) mass is 278 g/mol. The number of oxazole rings is 1. The molecule has 0 saturated carbocycles. The van der Waals surface area contributed by atoms with Gasteiger partial charge in [-0.2, -0.15) is 0 Å². The lowest BCUT2D eigenvalue weighted by Gasteiger charge is -2.33. The van der Waals surface area contributed by atoms with Crippen LogP contribution in [0.5, 0.6) is 0 Å². The lowest BCUT2D eigenvalue weighted by molar-refractivity contribution is 0.0315. The number of aromatic nitrogens is 1. The standard InChI is InChI=1S/C14H18N2O2S/c1-10-7-16(5-4-12(10)17)8-11-9-18-14(15-11)13-3-2-6-19-13/h2-3,6,9-10,12,17H,4-5,7-8H2,1H3. The molecule has 2 atom stereocenters. The molecule has 5 heteroatoms. The SMILES string of the molecule is CC1CN(Cc2coc(-c3cccs3)n2)CCC1O. The zero-order valence-corrected chi connectivity index (χ0v) is 11.8. The number of aliphatic hydroxyl groups is 1. The highest BCUT2D eigenvalue weighted by Crippen LogP contribution is 2.25. The maximum Gasteiger partial charge on any atom is 0.236 e. The molecule has 2 unspecified atom stereocenters. The molecule has 0 aliphatic carbocycles. The largest absolute Gasteiger partial charge is 0.444 e. The molecule has 3 heterocycles. The number of nitrogens with zero attached hydrogens (tertiary/aromatic N) is 2. The van der Waals surface area contributed by atoms with Gasteiger partial charge in [0, 0.05) is 19.6 Å². The van der Waals surface area contributed by atoms with Crippen molar-refractivity contribution in [1.29, 1.82) is 0 Å². The van der Waals surface area contributed by atoms with Crippen molar-refractivity contribution in [3.8, 4) is 10.8 Å². The van der Waals surface area contributed by atoms with Crippen LogP contribution in [0.4, 0.5) is 0 Å². The Morgan fingerprint density at radius 2 is 2.47 bits per heavy atom. The number of rotatable bonds is 3. The van der Waals surface area contributed by atoms with Crippen LogP contribution >= 0.6 is 11.3 Å². The lowest BCUT2D eigenvalue weighted by atomic mass is 9.97. The van der Waals surface area contributed by atoms with Gasteiger partial charge in [-0.05, 0) is 23.8 Å². The van der Waals surface area contributed by atoms with Crippen LogP contribution in [-0.4, -0.2) is 34.2 Å². The zero-order valence-electron chi connectivity index (χ0n) is 11.0. The van der Waals surface area contributed by atoms with Gasteiger partial charge >= 0.3 is 0 Å². The van der Waals surface area contributed by atoms with E-state index < -0.39 is 0 Å². The van der Waals surface area contributed by atoms with Crippen LogP contribution in [0.3, 0.4) is 0 Å². The Labute approximate surface area is 116 Å². The molecule has 19 heavy (non-hydrogen) atoms. The summed E-state index contributed by atoms with van der Waals surface area (Å²) in [5, 5.41) is 11.8. The third-order valence-corrected chi connectivity index (χ3v) is 4.47. The molecule has 4 nitrogen and oxygen atoms in total. The fraction of sp³-hybridized carbons (Fsp3) is 0.500. The maximum absolute atomic E-state index is 9.73. The van der Waals surface area contributed by atoms with Gasteiger partial charge in [0.25, 0.3) is 0 Å². The minimum absolute atomic E-state index is 0.157. The molecule has 0 radical (unpaired) electrons. The first-order valence-corrected chi connectivity index (χ1v) is 7.49. The first-order valence-electron chi connectivity index (χ1n) is 6.61. The summed E-state index contributed by atoms with van der Waals surface area (Å²) in [6.07, 6.45) is 2.43. The van der Waals surface area contributed by atoms with Crippen molar-refractivity contribution in [1.82, 2.24) is 9.88 Å². The summed E-state index contributed by atoms with van der Waals surface area (Å²) in [7, 11) is 0. The second kappa shape index (κ2) is 5.45. The number of piperidine rings is 1. The van der Waals surface area contributed by atoms with Crippen molar-refractivity contribution in [3.63, 3.8) is 0 Å². The molecule has 0 amide bonds. The maximum atomic E-state index is 9.73. The minimum Gasteiger partial charge on any atom is -0.444 e. The molecule has 2 aromatic heterocycles. The number of hydrogen-bond acceptors (Lipinski definition) is 5. The summed E-state index contributed by atoms with van der Waals surface area (Å²) in [6, 6.07) is 4.01. The van der Waals surface area contributed by atoms with E-state index in [2.05, 4.69) is 16.8 Å². The molecule has 3 rings (SSSR count). The highest BCUT2D eigenvalue weighted by molar-refractivity contribution is 7.13. The molecule has 1 fully saturated rings. The van der Waals surface area contributed by atoms with Crippen molar-refractivity contribution < 1.29 is 9.52 Å². The van der Waals surface area contributed by atoms with Crippen LogP contribution in [0.2, 0.25) is 0 Å². The van der Waals surface area contributed by atoms with Gasteiger partial charge in [-0.25, -0.2) is 4.98 Å². The van der Waals surface area contributed by atoms with Gasteiger partial charge in [-0.3, -0.25) is 4.90 Å². The van der Waals surface area contributed by atoms with Gasteiger partial charge in [-0.15, -0.1) is 11.3 Å². The molecular weight excluding hydrogens is 260 g/mol. The topological polar surface area (TPSA) is 49.5 Å². The average Bonchev–Trinajstić information content (AvgIpc) is 3.04. The highest BCUT2D eigenvalue weighted by atomic mass is 32.1. The molecular formula is C14H18N2O2S. The van der Waals surface area contributed by atoms with E-state index in [0.717, 1.165) is 36.6 Å². The number of likely N-dealkylation sites (tertiary alicyclic amines) is 1.